The predicted molar refractivity (Wildman–Crippen MR) is 60.7 cm³/mol. The molecule has 1 aliphatic carbocycles. The van der Waals surface area contributed by atoms with E-state index in [4.69, 9.17) is 5.84 Å². The number of aromatic nitrogens is 2. The van der Waals surface area contributed by atoms with Gasteiger partial charge in [0.1, 0.15) is 11.6 Å². The molecule has 0 aliphatic heterocycles. The van der Waals surface area contributed by atoms with Crippen LogP contribution in [-0.4, -0.2) is 16.5 Å². The van der Waals surface area contributed by atoms with Crippen molar-refractivity contribution < 1.29 is 13.2 Å². The summed E-state index contributed by atoms with van der Waals surface area (Å²) in [6.45, 7) is 2.65. The minimum absolute atomic E-state index is 0.0687. The Morgan fingerprint density at radius 2 is 1.94 bits per heavy atom. The van der Waals surface area contributed by atoms with Gasteiger partial charge in [0.2, 0.25) is 5.82 Å². The van der Waals surface area contributed by atoms with Crippen LogP contribution in [0.1, 0.15) is 25.6 Å². The summed E-state index contributed by atoms with van der Waals surface area (Å²) in [5.41, 5.74) is 2.27. The fourth-order valence-corrected chi connectivity index (χ4v) is 1.43. The molecule has 4 N–H and O–H groups in total. The SMILES string of the molecule is CC1(CNc2cc(NN)nc(C(F)(F)F)n2)CC1. The van der Waals surface area contributed by atoms with Crippen molar-refractivity contribution in [3.8, 4) is 0 Å². The molecule has 0 unspecified atom stereocenters. The fraction of sp³-hybridized carbons (Fsp3) is 0.600. The standard InChI is InChI=1S/C10H14F3N5/c1-9(2-3-9)5-15-6-4-7(18-14)17-8(16-6)10(11,12)13/h4H,2-3,5,14H2,1H3,(H2,15,16,17,18). The minimum atomic E-state index is -4.59. The van der Waals surface area contributed by atoms with Crippen molar-refractivity contribution in [1.82, 2.24) is 9.97 Å². The summed E-state index contributed by atoms with van der Waals surface area (Å²) in [6.07, 6.45) is -2.45. The van der Waals surface area contributed by atoms with E-state index >= 15 is 0 Å². The van der Waals surface area contributed by atoms with E-state index in [2.05, 4.69) is 27.6 Å². The molecular weight excluding hydrogens is 247 g/mol. The van der Waals surface area contributed by atoms with Crippen molar-refractivity contribution in [2.24, 2.45) is 11.3 Å². The van der Waals surface area contributed by atoms with Gasteiger partial charge in [-0.3, -0.25) is 0 Å². The summed E-state index contributed by atoms with van der Waals surface area (Å²) < 4.78 is 37.6. The second-order valence-electron chi connectivity index (χ2n) is 4.77. The fourth-order valence-electron chi connectivity index (χ4n) is 1.43. The number of hydrogen-bond acceptors (Lipinski definition) is 5. The first-order chi connectivity index (χ1) is 8.32. The number of halogens is 3. The van der Waals surface area contributed by atoms with Gasteiger partial charge < -0.3 is 10.7 Å². The molecule has 0 saturated heterocycles. The van der Waals surface area contributed by atoms with Gasteiger partial charge in [-0.2, -0.15) is 13.2 Å². The summed E-state index contributed by atoms with van der Waals surface area (Å²) in [7, 11) is 0. The molecule has 18 heavy (non-hydrogen) atoms. The highest BCUT2D eigenvalue weighted by Gasteiger charge is 2.38. The first-order valence-corrected chi connectivity index (χ1v) is 5.49. The number of alkyl halides is 3. The first kappa shape index (κ1) is 12.9. The molecule has 0 radical (unpaired) electrons. The molecule has 100 valence electrons. The first-order valence-electron chi connectivity index (χ1n) is 5.49. The Morgan fingerprint density at radius 1 is 1.33 bits per heavy atom. The van der Waals surface area contributed by atoms with E-state index in [9.17, 15) is 13.2 Å². The average Bonchev–Trinajstić information content (AvgIpc) is 3.04. The molecule has 1 saturated carbocycles. The average molecular weight is 261 g/mol. The Kier molecular flexibility index (Phi) is 3.05. The lowest BCUT2D eigenvalue weighted by atomic mass is 10.1. The van der Waals surface area contributed by atoms with Crippen molar-refractivity contribution in [1.29, 1.82) is 0 Å². The number of hydrogen-bond donors (Lipinski definition) is 3. The van der Waals surface area contributed by atoms with Crippen LogP contribution >= 0.6 is 0 Å². The Morgan fingerprint density at radius 3 is 2.44 bits per heavy atom. The van der Waals surface area contributed by atoms with Gasteiger partial charge in [0, 0.05) is 12.6 Å². The number of nitrogens with zero attached hydrogens (tertiary/aromatic N) is 2. The number of nitrogens with two attached hydrogens (primary N) is 1. The summed E-state index contributed by atoms with van der Waals surface area (Å²) in [4.78, 5) is 6.71. The van der Waals surface area contributed by atoms with Crippen LogP contribution in [0.15, 0.2) is 6.07 Å². The summed E-state index contributed by atoms with van der Waals surface area (Å²) in [6, 6.07) is 1.35. The summed E-state index contributed by atoms with van der Waals surface area (Å²) >= 11 is 0. The predicted octanol–water partition coefficient (Wildman–Crippen LogP) is 1.99. The van der Waals surface area contributed by atoms with Crippen molar-refractivity contribution in [3.63, 3.8) is 0 Å². The number of rotatable bonds is 4. The minimum Gasteiger partial charge on any atom is -0.369 e. The molecule has 1 aromatic heterocycles. The van der Waals surface area contributed by atoms with Gasteiger partial charge in [0.15, 0.2) is 0 Å². The van der Waals surface area contributed by atoms with Crippen LogP contribution in [0.4, 0.5) is 24.8 Å². The lowest BCUT2D eigenvalue weighted by Crippen LogP contribution is -2.19. The number of nitrogen functional groups attached to an aromatic ring is 1. The van der Waals surface area contributed by atoms with Gasteiger partial charge in [0.25, 0.3) is 0 Å². The molecule has 0 aromatic carbocycles. The van der Waals surface area contributed by atoms with Crippen LogP contribution < -0.4 is 16.6 Å². The van der Waals surface area contributed by atoms with Gasteiger partial charge in [-0.25, -0.2) is 15.8 Å². The monoisotopic (exact) mass is 261 g/mol. The third-order valence-electron chi connectivity index (χ3n) is 2.93. The third kappa shape index (κ3) is 3.00. The number of nitrogens with one attached hydrogen (secondary N) is 2. The van der Waals surface area contributed by atoms with Crippen LogP contribution in [0.5, 0.6) is 0 Å². The van der Waals surface area contributed by atoms with E-state index in [1.807, 2.05) is 0 Å². The lowest BCUT2D eigenvalue weighted by Gasteiger charge is -2.13. The van der Waals surface area contributed by atoms with Crippen LogP contribution in [0.2, 0.25) is 0 Å². The highest BCUT2D eigenvalue weighted by atomic mass is 19.4. The van der Waals surface area contributed by atoms with Crippen LogP contribution in [0.3, 0.4) is 0 Å². The van der Waals surface area contributed by atoms with Crippen molar-refractivity contribution >= 4 is 11.6 Å². The topological polar surface area (TPSA) is 75.9 Å². The Labute approximate surface area is 102 Å². The van der Waals surface area contributed by atoms with E-state index in [0.29, 0.717) is 6.54 Å². The highest BCUT2D eigenvalue weighted by Crippen LogP contribution is 2.44. The Balaban J connectivity index is 2.18. The molecule has 1 aromatic rings. The Bertz CT molecular complexity index is 442. The van der Waals surface area contributed by atoms with Gasteiger partial charge >= 0.3 is 6.18 Å². The van der Waals surface area contributed by atoms with Crippen LogP contribution in [0, 0.1) is 5.41 Å². The molecule has 0 bridgehead atoms. The van der Waals surface area contributed by atoms with Gasteiger partial charge in [-0.1, -0.05) is 6.92 Å². The van der Waals surface area contributed by atoms with Crippen LogP contribution in [0.25, 0.3) is 0 Å². The highest BCUT2D eigenvalue weighted by molar-refractivity contribution is 5.47. The van der Waals surface area contributed by atoms with E-state index in [-0.39, 0.29) is 17.1 Å². The molecule has 1 aliphatic rings. The molecule has 5 nitrogen and oxygen atoms in total. The van der Waals surface area contributed by atoms with E-state index in [1.165, 1.54) is 6.07 Å². The lowest BCUT2D eigenvalue weighted by molar-refractivity contribution is -0.144. The van der Waals surface area contributed by atoms with E-state index in [1.54, 1.807) is 0 Å². The molecule has 0 atom stereocenters. The molecule has 8 heteroatoms. The van der Waals surface area contributed by atoms with Gasteiger partial charge in [-0.05, 0) is 18.3 Å². The quantitative estimate of drug-likeness (QED) is 0.571. The maximum atomic E-state index is 12.5. The zero-order chi connectivity index (χ0) is 13.4. The molecule has 0 spiro atoms. The number of hydrazine groups is 1. The van der Waals surface area contributed by atoms with Gasteiger partial charge in [0.05, 0.1) is 0 Å². The Hall–Kier alpha value is -1.57. The molecular formula is C10H14F3N5. The van der Waals surface area contributed by atoms with E-state index < -0.39 is 12.0 Å². The van der Waals surface area contributed by atoms with Crippen molar-refractivity contribution in [3.05, 3.63) is 11.9 Å². The zero-order valence-corrected chi connectivity index (χ0v) is 9.80. The van der Waals surface area contributed by atoms with Crippen molar-refractivity contribution in [2.75, 3.05) is 17.3 Å². The smallest absolute Gasteiger partial charge is 0.369 e. The zero-order valence-electron chi connectivity index (χ0n) is 9.80. The van der Waals surface area contributed by atoms with Crippen molar-refractivity contribution in [2.45, 2.75) is 25.9 Å². The molecule has 1 heterocycles. The maximum Gasteiger partial charge on any atom is 0.451 e. The largest absolute Gasteiger partial charge is 0.451 e. The molecule has 1 fully saturated rings. The summed E-state index contributed by atoms with van der Waals surface area (Å²) in [5.74, 6) is 3.94. The van der Waals surface area contributed by atoms with Gasteiger partial charge in [-0.15, -0.1) is 0 Å². The molecule has 0 amide bonds. The number of anilines is 2. The normalized spacial score (nSPS) is 17.4. The second kappa shape index (κ2) is 4.27. The molecule has 2 rings (SSSR count). The maximum absolute atomic E-state index is 12.5. The van der Waals surface area contributed by atoms with Crippen LogP contribution in [-0.2, 0) is 6.18 Å². The second-order valence-corrected chi connectivity index (χ2v) is 4.77. The third-order valence-corrected chi connectivity index (χ3v) is 2.93. The summed E-state index contributed by atoms with van der Waals surface area (Å²) in [5, 5.41) is 2.89. The van der Waals surface area contributed by atoms with E-state index in [0.717, 1.165) is 12.8 Å².